The zero-order chi connectivity index (χ0) is 10.6. The van der Waals surface area contributed by atoms with Crippen molar-refractivity contribution in [1.29, 1.82) is 5.26 Å². The fourth-order valence-corrected chi connectivity index (χ4v) is 1.18. The summed E-state index contributed by atoms with van der Waals surface area (Å²) in [5.41, 5.74) is 1.43. The Balaban J connectivity index is 2.76. The first-order chi connectivity index (χ1) is 6.63. The molecule has 0 amide bonds. The van der Waals surface area contributed by atoms with Crippen molar-refractivity contribution < 1.29 is 5.11 Å². The van der Waals surface area contributed by atoms with E-state index in [-0.39, 0.29) is 5.75 Å². The van der Waals surface area contributed by atoms with Crippen LogP contribution < -0.4 is 0 Å². The van der Waals surface area contributed by atoms with Crippen LogP contribution in [0.2, 0.25) is 0 Å². The molecule has 14 heavy (non-hydrogen) atoms. The van der Waals surface area contributed by atoms with Gasteiger partial charge in [-0.2, -0.15) is 5.26 Å². The summed E-state index contributed by atoms with van der Waals surface area (Å²) in [6.07, 6.45) is 0.891. The van der Waals surface area contributed by atoms with Crippen molar-refractivity contribution in [3.63, 3.8) is 0 Å². The van der Waals surface area contributed by atoms with Crippen molar-refractivity contribution in [3.05, 3.63) is 29.3 Å². The molecule has 74 valence electrons. The molecule has 3 heteroatoms. The van der Waals surface area contributed by atoms with Crippen LogP contribution in [-0.2, 0) is 6.42 Å². The molecule has 0 bridgehead atoms. The van der Waals surface area contributed by atoms with Gasteiger partial charge < -0.3 is 10.0 Å². The van der Waals surface area contributed by atoms with Gasteiger partial charge in [0.05, 0.1) is 5.56 Å². The van der Waals surface area contributed by atoms with Crippen LogP contribution >= 0.6 is 0 Å². The van der Waals surface area contributed by atoms with Gasteiger partial charge in [0.2, 0.25) is 0 Å². The minimum atomic E-state index is 0.0566. The molecule has 1 N–H and O–H groups in total. The van der Waals surface area contributed by atoms with E-state index in [4.69, 9.17) is 5.26 Å². The van der Waals surface area contributed by atoms with E-state index in [1.54, 1.807) is 12.1 Å². The van der Waals surface area contributed by atoms with Crippen LogP contribution in [-0.4, -0.2) is 30.6 Å². The fourth-order valence-electron chi connectivity index (χ4n) is 1.18. The molecule has 0 atom stereocenters. The lowest BCUT2D eigenvalue weighted by Gasteiger charge is -2.09. The number of hydrogen-bond acceptors (Lipinski definition) is 3. The van der Waals surface area contributed by atoms with Gasteiger partial charge in [-0.15, -0.1) is 0 Å². The highest BCUT2D eigenvalue weighted by Gasteiger charge is 2.01. The zero-order valence-electron chi connectivity index (χ0n) is 8.49. The maximum Gasteiger partial charge on any atom is 0.133 e. The summed E-state index contributed by atoms with van der Waals surface area (Å²) in [6.45, 7) is 0.940. The van der Waals surface area contributed by atoms with E-state index in [1.165, 1.54) is 0 Å². The lowest BCUT2D eigenvalue weighted by molar-refractivity contribution is 0.413. The van der Waals surface area contributed by atoms with Crippen LogP contribution in [0.15, 0.2) is 18.2 Å². The Hall–Kier alpha value is -1.53. The standard InChI is InChI=1S/C11H14N2O/c1-13(2)6-5-9-3-4-11(14)10(7-9)8-12/h3-4,7,14H,5-6H2,1-2H3. The molecule has 1 rings (SSSR count). The molecule has 1 aromatic carbocycles. The largest absolute Gasteiger partial charge is 0.507 e. The molecule has 0 unspecified atom stereocenters. The van der Waals surface area contributed by atoms with E-state index in [1.807, 2.05) is 26.2 Å². The summed E-state index contributed by atoms with van der Waals surface area (Å²) in [5.74, 6) is 0.0566. The number of rotatable bonds is 3. The van der Waals surface area contributed by atoms with Crippen LogP contribution in [0.4, 0.5) is 0 Å². The van der Waals surface area contributed by atoms with Crippen LogP contribution in [0.25, 0.3) is 0 Å². The van der Waals surface area contributed by atoms with E-state index < -0.39 is 0 Å². The molecule has 0 aliphatic heterocycles. The third-order valence-electron chi connectivity index (χ3n) is 2.03. The Kier molecular flexibility index (Phi) is 3.49. The molecule has 1 aromatic rings. The number of aromatic hydroxyl groups is 1. The molecule has 0 saturated carbocycles. The highest BCUT2D eigenvalue weighted by atomic mass is 16.3. The molecule has 0 aromatic heterocycles. The quantitative estimate of drug-likeness (QED) is 0.783. The molecule has 0 spiro atoms. The third kappa shape index (κ3) is 2.75. The second-order valence-electron chi connectivity index (χ2n) is 3.52. The van der Waals surface area contributed by atoms with Crippen molar-refractivity contribution in [1.82, 2.24) is 4.90 Å². The topological polar surface area (TPSA) is 47.3 Å². The summed E-state index contributed by atoms with van der Waals surface area (Å²) in [6, 6.07) is 7.11. The summed E-state index contributed by atoms with van der Waals surface area (Å²) >= 11 is 0. The summed E-state index contributed by atoms with van der Waals surface area (Å²) < 4.78 is 0. The molecule has 3 nitrogen and oxygen atoms in total. The van der Waals surface area contributed by atoms with Gasteiger partial charge in [-0.05, 0) is 38.2 Å². The number of nitrogens with zero attached hydrogens (tertiary/aromatic N) is 2. The molecule has 0 saturated heterocycles. The normalized spacial score (nSPS) is 10.1. The summed E-state index contributed by atoms with van der Waals surface area (Å²) in [4.78, 5) is 2.08. The highest BCUT2D eigenvalue weighted by Crippen LogP contribution is 2.17. The van der Waals surface area contributed by atoms with Gasteiger partial charge >= 0.3 is 0 Å². The number of phenols is 1. The van der Waals surface area contributed by atoms with Gasteiger partial charge in [0.25, 0.3) is 0 Å². The monoisotopic (exact) mass is 190 g/mol. The lowest BCUT2D eigenvalue weighted by atomic mass is 10.1. The average Bonchev–Trinajstić information content (AvgIpc) is 2.16. The van der Waals surface area contributed by atoms with Gasteiger partial charge in [0.15, 0.2) is 0 Å². The number of phenolic OH excluding ortho intramolecular Hbond substituents is 1. The Labute approximate surface area is 84.2 Å². The van der Waals surface area contributed by atoms with Crippen molar-refractivity contribution in [2.45, 2.75) is 6.42 Å². The van der Waals surface area contributed by atoms with E-state index in [2.05, 4.69) is 4.90 Å². The molecular weight excluding hydrogens is 176 g/mol. The van der Waals surface area contributed by atoms with Gasteiger partial charge in [0, 0.05) is 6.54 Å². The third-order valence-corrected chi connectivity index (χ3v) is 2.03. The summed E-state index contributed by atoms with van der Waals surface area (Å²) in [5, 5.41) is 18.0. The van der Waals surface area contributed by atoms with E-state index in [9.17, 15) is 5.11 Å². The predicted molar refractivity (Wildman–Crippen MR) is 55.1 cm³/mol. The molecule has 0 heterocycles. The second-order valence-corrected chi connectivity index (χ2v) is 3.52. The first-order valence-corrected chi connectivity index (χ1v) is 4.50. The smallest absolute Gasteiger partial charge is 0.133 e. The van der Waals surface area contributed by atoms with Crippen LogP contribution in [0.1, 0.15) is 11.1 Å². The first-order valence-electron chi connectivity index (χ1n) is 4.50. The van der Waals surface area contributed by atoms with Crippen LogP contribution in [0.3, 0.4) is 0 Å². The van der Waals surface area contributed by atoms with Crippen molar-refractivity contribution >= 4 is 0 Å². The van der Waals surface area contributed by atoms with E-state index in [0.717, 1.165) is 18.5 Å². The molecular formula is C11H14N2O. The van der Waals surface area contributed by atoms with Crippen molar-refractivity contribution in [2.24, 2.45) is 0 Å². The Morgan fingerprint density at radius 1 is 1.43 bits per heavy atom. The van der Waals surface area contributed by atoms with Crippen molar-refractivity contribution in [3.8, 4) is 11.8 Å². The van der Waals surface area contributed by atoms with E-state index >= 15 is 0 Å². The Bertz CT molecular complexity index is 353. The van der Waals surface area contributed by atoms with Crippen molar-refractivity contribution in [2.75, 3.05) is 20.6 Å². The van der Waals surface area contributed by atoms with Crippen LogP contribution in [0.5, 0.6) is 5.75 Å². The highest BCUT2D eigenvalue weighted by molar-refractivity contribution is 5.44. The predicted octanol–water partition coefficient (Wildman–Crippen LogP) is 1.37. The zero-order valence-corrected chi connectivity index (χ0v) is 8.49. The molecule has 0 aliphatic carbocycles. The minimum Gasteiger partial charge on any atom is -0.507 e. The molecule has 0 aliphatic rings. The summed E-state index contributed by atoms with van der Waals surface area (Å²) in [7, 11) is 4.01. The molecule has 0 fully saturated rings. The minimum absolute atomic E-state index is 0.0566. The van der Waals surface area contributed by atoms with E-state index in [0.29, 0.717) is 5.56 Å². The van der Waals surface area contributed by atoms with Gasteiger partial charge in [-0.25, -0.2) is 0 Å². The fraction of sp³-hybridized carbons (Fsp3) is 0.364. The van der Waals surface area contributed by atoms with Gasteiger partial charge in [0.1, 0.15) is 11.8 Å². The first kappa shape index (κ1) is 10.6. The Morgan fingerprint density at radius 2 is 2.14 bits per heavy atom. The Morgan fingerprint density at radius 3 is 2.71 bits per heavy atom. The SMILES string of the molecule is CN(C)CCc1ccc(O)c(C#N)c1. The number of hydrogen-bond donors (Lipinski definition) is 1. The number of nitriles is 1. The average molecular weight is 190 g/mol. The van der Waals surface area contributed by atoms with Gasteiger partial charge in [-0.1, -0.05) is 6.07 Å². The molecule has 0 radical (unpaired) electrons. The number of benzene rings is 1. The maximum absolute atomic E-state index is 9.28. The number of likely N-dealkylation sites (N-methyl/N-ethyl adjacent to an activating group) is 1. The maximum atomic E-state index is 9.28. The second kappa shape index (κ2) is 4.64. The van der Waals surface area contributed by atoms with Crippen LogP contribution in [0, 0.1) is 11.3 Å². The lowest BCUT2D eigenvalue weighted by Crippen LogP contribution is -2.15. The van der Waals surface area contributed by atoms with Gasteiger partial charge in [-0.3, -0.25) is 0 Å².